The fraction of sp³-hybridized carbons (Fsp3) is 0.300. The molecule has 2 aromatic rings. The van der Waals surface area contributed by atoms with E-state index in [1.54, 1.807) is 24.3 Å². The summed E-state index contributed by atoms with van der Waals surface area (Å²) in [7, 11) is 0. The van der Waals surface area contributed by atoms with Gasteiger partial charge in [0.25, 0.3) is 5.91 Å². The van der Waals surface area contributed by atoms with E-state index in [9.17, 15) is 9.59 Å². The Kier molecular flexibility index (Phi) is 5.32. The summed E-state index contributed by atoms with van der Waals surface area (Å²) in [6.07, 6.45) is 0.799. The van der Waals surface area contributed by atoms with Crippen LogP contribution in [0.25, 0.3) is 0 Å². The highest BCUT2D eigenvalue weighted by Gasteiger charge is 2.22. The van der Waals surface area contributed by atoms with E-state index >= 15 is 0 Å². The van der Waals surface area contributed by atoms with Crippen LogP contribution in [0.15, 0.2) is 54.6 Å². The summed E-state index contributed by atoms with van der Waals surface area (Å²) in [6, 6.07) is 16.9. The summed E-state index contributed by atoms with van der Waals surface area (Å²) < 4.78 is 0. The highest BCUT2D eigenvalue weighted by Crippen LogP contribution is 2.20. The van der Waals surface area contributed by atoms with Crippen molar-refractivity contribution in [2.75, 3.05) is 6.54 Å². The molecule has 2 rings (SSSR count). The van der Waals surface area contributed by atoms with Crippen molar-refractivity contribution in [3.8, 4) is 0 Å². The second-order valence-corrected chi connectivity index (χ2v) is 6.65. The Labute approximate surface area is 137 Å². The molecule has 23 heavy (non-hydrogen) atoms. The van der Waals surface area contributed by atoms with Gasteiger partial charge in [-0.15, -0.1) is 0 Å². The largest absolute Gasteiger partial charge is 0.352 e. The number of carbonyl (C=O) groups is 2. The highest BCUT2D eigenvalue weighted by atomic mass is 16.1. The van der Waals surface area contributed by atoms with E-state index in [2.05, 4.69) is 5.32 Å². The van der Waals surface area contributed by atoms with Gasteiger partial charge in [-0.3, -0.25) is 9.59 Å². The summed E-state index contributed by atoms with van der Waals surface area (Å²) in [5.41, 5.74) is 1.99. The van der Waals surface area contributed by atoms with Crippen LogP contribution < -0.4 is 5.32 Å². The van der Waals surface area contributed by atoms with Crippen molar-refractivity contribution in [3.05, 3.63) is 71.3 Å². The molecule has 0 spiro atoms. The second kappa shape index (κ2) is 7.23. The molecule has 0 fully saturated rings. The number of hydrogen-bond acceptors (Lipinski definition) is 2. The van der Waals surface area contributed by atoms with Crippen LogP contribution in [0.2, 0.25) is 0 Å². The normalized spacial score (nSPS) is 11.1. The van der Waals surface area contributed by atoms with Crippen molar-refractivity contribution in [2.45, 2.75) is 27.2 Å². The van der Waals surface area contributed by atoms with Crippen molar-refractivity contribution in [3.63, 3.8) is 0 Å². The predicted octanol–water partition coefficient (Wildman–Crippen LogP) is 3.89. The molecule has 0 saturated heterocycles. The molecule has 0 bridgehead atoms. The predicted molar refractivity (Wildman–Crippen MR) is 92.7 cm³/mol. The maximum absolute atomic E-state index is 12.2. The van der Waals surface area contributed by atoms with Crippen molar-refractivity contribution in [1.29, 1.82) is 0 Å². The molecule has 0 radical (unpaired) electrons. The molecule has 2 aromatic carbocycles. The van der Waals surface area contributed by atoms with E-state index < -0.39 is 5.41 Å². The van der Waals surface area contributed by atoms with Gasteiger partial charge in [0.2, 0.25) is 0 Å². The van der Waals surface area contributed by atoms with Gasteiger partial charge in [-0.1, -0.05) is 63.2 Å². The third-order valence-corrected chi connectivity index (χ3v) is 3.63. The van der Waals surface area contributed by atoms with Crippen LogP contribution in [-0.2, 0) is 6.42 Å². The molecule has 0 heterocycles. The lowest BCUT2D eigenvalue weighted by molar-refractivity contribution is 0.0857. The molecule has 0 aliphatic rings. The average Bonchev–Trinajstić information content (AvgIpc) is 2.54. The first-order valence-electron chi connectivity index (χ1n) is 7.85. The lowest BCUT2D eigenvalue weighted by atomic mass is 9.86. The topological polar surface area (TPSA) is 46.2 Å². The first-order valence-corrected chi connectivity index (χ1v) is 7.85. The minimum Gasteiger partial charge on any atom is -0.352 e. The first kappa shape index (κ1) is 16.9. The number of benzene rings is 2. The van der Waals surface area contributed by atoms with Crippen LogP contribution in [-0.4, -0.2) is 18.2 Å². The third-order valence-electron chi connectivity index (χ3n) is 3.63. The van der Waals surface area contributed by atoms with E-state index in [1.165, 1.54) is 5.56 Å². The fourth-order valence-corrected chi connectivity index (χ4v) is 2.27. The van der Waals surface area contributed by atoms with Crippen LogP contribution >= 0.6 is 0 Å². The fourth-order valence-electron chi connectivity index (χ4n) is 2.27. The molecule has 0 aromatic heterocycles. The summed E-state index contributed by atoms with van der Waals surface area (Å²) >= 11 is 0. The monoisotopic (exact) mass is 309 g/mol. The smallest absolute Gasteiger partial charge is 0.251 e. The summed E-state index contributed by atoms with van der Waals surface area (Å²) in [4.78, 5) is 24.3. The van der Waals surface area contributed by atoms with Crippen molar-refractivity contribution in [2.24, 2.45) is 5.41 Å². The number of Topliss-reactive ketones (excluding diaryl/α,β-unsaturated/α-hetero) is 1. The summed E-state index contributed by atoms with van der Waals surface area (Å²) in [5, 5.41) is 2.90. The van der Waals surface area contributed by atoms with Crippen LogP contribution in [0.4, 0.5) is 0 Å². The van der Waals surface area contributed by atoms with Crippen LogP contribution in [0, 0.1) is 5.41 Å². The van der Waals surface area contributed by atoms with Gasteiger partial charge in [0, 0.05) is 23.1 Å². The highest BCUT2D eigenvalue weighted by molar-refractivity contribution is 6.01. The van der Waals surface area contributed by atoms with Crippen LogP contribution in [0.5, 0.6) is 0 Å². The molecule has 0 aliphatic heterocycles. The van der Waals surface area contributed by atoms with Gasteiger partial charge in [0.15, 0.2) is 5.78 Å². The number of ketones is 1. The van der Waals surface area contributed by atoms with Gasteiger partial charge < -0.3 is 5.32 Å². The summed E-state index contributed by atoms with van der Waals surface area (Å²) in [5.74, 6) is -0.0378. The lowest BCUT2D eigenvalue weighted by Crippen LogP contribution is -2.26. The standard InChI is InChI=1S/C20H23NO2/c1-20(2,3)18(22)16-9-11-17(12-10-16)19(23)21-14-13-15-7-5-4-6-8-15/h4-12H,13-14H2,1-3H3,(H,21,23). The Bertz CT molecular complexity index is 667. The quantitative estimate of drug-likeness (QED) is 0.852. The van der Waals surface area contributed by atoms with Gasteiger partial charge >= 0.3 is 0 Å². The number of amides is 1. The second-order valence-electron chi connectivity index (χ2n) is 6.65. The molecular weight excluding hydrogens is 286 g/mol. The zero-order valence-electron chi connectivity index (χ0n) is 13.9. The number of rotatable bonds is 5. The van der Waals surface area contributed by atoms with Gasteiger partial charge in [0.05, 0.1) is 0 Å². The van der Waals surface area contributed by atoms with E-state index in [4.69, 9.17) is 0 Å². The van der Waals surface area contributed by atoms with E-state index in [-0.39, 0.29) is 11.7 Å². The molecular formula is C20H23NO2. The number of hydrogen-bond donors (Lipinski definition) is 1. The molecule has 120 valence electrons. The van der Waals surface area contributed by atoms with Gasteiger partial charge in [-0.25, -0.2) is 0 Å². The molecule has 1 N–H and O–H groups in total. The molecule has 0 aliphatic carbocycles. The molecule has 3 nitrogen and oxygen atoms in total. The van der Waals surface area contributed by atoms with Crippen molar-refractivity contribution < 1.29 is 9.59 Å². The molecule has 0 unspecified atom stereocenters. The minimum atomic E-state index is -0.417. The zero-order valence-corrected chi connectivity index (χ0v) is 13.9. The lowest BCUT2D eigenvalue weighted by Gasteiger charge is -2.16. The number of nitrogens with one attached hydrogen (secondary N) is 1. The van der Waals surface area contributed by atoms with Gasteiger partial charge in [-0.05, 0) is 24.1 Å². The van der Waals surface area contributed by atoms with E-state index in [0.29, 0.717) is 17.7 Å². The Morgan fingerprint density at radius 2 is 1.43 bits per heavy atom. The van der Waals surface area contributed by atoms with Gasteiger partial charge in [-0.2, -0.15) is 0 Å². The van der Waals surface area contributed by atoms with Crippen LogP contribution in [0.3, 0.4) is 0 Å². The Morgan fingerprint density at radius 3 is 2.00 bits per heavy atom. The van der Waals surface area contributed by atoms with Crippen molar-refractivity contribution in [1.82, 2.24) is 5.32 Å². The maximum Gasteiger partial charge on any atom is 0.251 e. The first-order chi connectivity index (χ1) is 10.9. The van der Waals surface area contributed by atoms with E-state index in [0.717, 1.165) is 6.42 Å². The maximum atomic E-state index is 12.2. The van der Waals surface area contributed by atoms with Crippen LogP contribution in [0.1, 0.15) is 47.1 Å². The molecule has 3 heteroatoms. The molecule has 0 saturated carbocycles. The average molecular weight is 309 g/mol. The Hall–Kier alpha value is -2.42. The Morgan fingerprint density at radius 1 is 0.870 bits per heavy atom. The summed E-state index contributed by atoms with van der Waals surface area (Å²) in [6.45, 7) is 6.25. The van der Waals surface area contributed by atoms with Crippen molar-refractivity contribution >= 4 is 11.7 Å². The SMILES string of the molecule is CC(C)(C)C(=O)c1ccc(C(=O)NCCc2ccccc2)cc1. The molecule has 0 atom stereocenters. The van der Waals surface area contributed by atoms with Gasteiger partial charge in [0.1, 0.15) is 0 Å². The Balaban J connectivity index is 1.91. The number of carbonyl (C=O) groups excluding carboxylic acids is 2. The van der Waals surface area contributed by atoms with E-state index in [1.807, 2.05) is 51.1 Å². The third kappa shape index (κ3) is 4.78. The molecule has 1 amide bonds. The minimum absolute atomic E-state index is 0.0773. The zero-order chi connectivity index (χ0) is 16.9.